The van der Waals surface area contributed by atoms with Gasteiger partial charge in [-0.05, 0) is 43.0 Å². The Labute approximate surface area is 147 Å². The molecule has 2 aromatic rings. The van der Waals surface area contributed by atoms with Crippen molar-refractivity contribution in [3.8, 4) is 5.75 Å². The molecule has 0 saturated heterocycles. The van der Waals surface area contributed by atoms with Gasteiger partial charge >= 0.3 is 5.97 Å². The zero-order valence-corrected chi connectivity index (χ0v) is 14.5. The van der Waals surface area contributed by atoms with Crippen LogP contribution in [0.1, 0.15) is 16.7 Å². The van der Waals surface area contributed by atoms with Crippen molar-refractivity contribution in [3.05, 3.63) is 59.2 Å². The molecule has 0 saturated carbocycles. The largest absolute Gasteiger partial charge is 0.481 e. The summed E-state index contributed by atoms with van der Waals surface area (Å²) in [6, 6.07) is 13.5. The van der Waals surface area contributed by atoms with Gasteiger partial charge in [-0.1, -0.05) is 36.4 Å². The van der Waals surface area contributed by atoms with Crippen LogP contribution in [0.2, 0.25) is 0 Å². The normalized spacial score (nSPS) is 12.6. The molecule has 1 heterocycles. The Kier molecular flexibility index (Phi) is 5.03. The van der Waals surface area contributed by atoms with Gasteiger partial charge in [0.25, 0.3) is 5.91 Å². The van der Waals surface area contributed by atoms with Crippen molar-refractivity contribution in [2.24, 2.45) is 0 Å². The minimum atomic E-state index is -0.552. The molecule has 130 valence electrons. The molecule has 0 unspecified atom stereocenters. The van der Waals surface area contributed by atoms with E-state index in [9.17, 15) is 9.59 Å². The summed E-state index contributed by atoms with van der Waals surface area (Å²) in [6.07, 6.45) is 0.825. The van der Waals surface area contributed by atoms with Gasteiger partial charge in [0.1, 0.15) is 5.75 Å². The van der Waals surface area contributed by atoms with E-state index in [2.05, 4.69) is 0 Å². The van der Waals surface area contributed by atoms with Crippen LogP contribution in [0.15, 0.2) is 42.5 Å². The molecule has 0 N–H and O–H groups in total. The zero-order valence-electron chi connectivity index (χ0n) is 14.5. The van der Waals surface area contributed by atoms with Gasteiger partial charge in [0.2, 0.25) is 0 Å². The van der Waals surface area contributed by atoms with Crippen molar-refractivity contribution < 1.29 is 19.1 Å². The third kappa shape index (κ3) is 3.82. The van der Waals surface area contributed by atoms with E-state index in [0.717, 1.165) is 28.8 Å². The fourth-order valence-corrected chi connectivity index (χ4v) is 3.02. The summed E-state index contributed by atoms with van der Waals surface area (Å²) in [5.74, 6) is -0.0897. The number of amides is 1. The lowest BCUT2D eigenvalue weighted by atomic mass is 10.1. The molecule has 2 aromatic carbocycles. The summed E-state index contributed by atoms with van der Waals surface area (Å²) in [4.78, 5) is 25.9. The molecule has 0 aliphatic carbocycles. The van der Waals surface area contributed by atoms with Gasteiger partial charge in [-0.15, -0.1) is 0 Å². The van der Waals surface area contributed by atoms with Gasteiger partial charge < -0.3 is 14.4 Å². The predicted octanol–water partition coefficient (Wildman–Crippen LogP) is 2.81. The number of rotatable bonds is 5. The summed E-state index contributed by atoms with van der Waals surface area (Å²) < 4.78 is 10.6. The first-order valence-corrected chi connectivity index (χ1v) is 8.29. The Balaban J connectivity index is 1.50. The number of nitrogens with zero attached hydrogens (tertiary/aromatic N) is 1. The van der Waals surface area contributed by atoms with Crippen LogP contribution in [0, 0.1) is 13.8 Å². The number of fused-ring (bicyclic) bond motifs is 1. The van der Waals surface area contributed by atoms with Crippen LogP contribution in [0.5, 0.6) is 5.75 Å². The molecular weight excluding hydrogens is 318 g/mol. The molecular formula is C20H21NO4. The lowest BCUT2D eigenvalue weighted by molar-refractivity contribution is -0.149. The highest BCUT2D eigenvalue weighted by atomic mass is 16.6. The third-order valence-corrected chi connectivity index (χ3v) is 4.29. The summed E-state index contributed by atoms with van der Waals surface area (Å²) in [7, 11) is 0. The smallest absolute Gasteiger partial charge is 0.344 e. The first-order valence-electron chi connectivity index (χ1n) is 8.29. The van der Waals surface area contributed by atoms with Crippen molar-refractivity contribution in [2.75, 3.05) is 24.7 Å². The maximum atomic E-state index is 12.3. The Bertz CT molecular complexity index is 780. The molecule has 1 aliphatic rings. The number of hydrogen-bond donors (Lipinski definition) is 0. The maximum Gasteiger partial charge on any atom is 0.344 e. The molecule has 0 radical (unpaired) electrons. The van der Waals surface area contributed by atoms with Crippen LogP contribution in [-0.2, 0) is 20.7 Å². The molecule has 3 rings (SSSR count). The number of aryl methyl sites for hydroxylation is 2. The molecule has 0 aromatic heterocycles. The molecule has 5 nitrogen and oxygen atoms in total. The number of hydrogen-bond acceptors (Lipinski definition) is 4. The van der Waals surface area contributed by atoms with Gasteiger partial charge in [-0.3, -0.25) is 4.79 Å². The number of ether oxygens (including phenoxy) is 2. The molecule has 25 heavy (non-hydrogen) atoms. The Morgan fingerprint density at radius 3 is 2.48 bits per heavy atom. The fraction of sp³-hybridized carbons (Fsp3) is 0.300. The van der Waals surface area contributed by atoms with Crippen molar-refractivity contribution in [1.82, 2.24) is 0 Å². The minimum absolute atomic E-state index is 0.213. The van der Waals surface area contributed by atoms with Gasteiger partial charge in [0, 0.05) is 12.2 Å². The van der Waals surface area contributed by atoms with E-state index in [1.54, 1.807) is 4.90 Å². The highest BCUT2D eigenvalue weighted by Crippen LogP contribution is 2.27. The first-order chi connectivity index (χ1) is 12.1. The van der Waals surface area contributed by atoms with Crippen molar-refractivity contribution in [1.29, 1.82) is 0 Å². The highest BCUT2D eigenvalue weighted by molar-refractivity contribution is 5.97. The van der Waals surface area contributed by atoms with Crippen molar-refractivity contribution >= 4 is 17.6 Å². The van der Waals surface area contributed by atoms with Crippen LogP contribution in [0.4, 0.5) is 5.69 Å². The third-order valence-electron chi connectivity index (χ3n) is 4.29. The molecule has 5 heteroatoms. The summed E-state index contributed by atoms with van der Waals surface area (Å²) in [5, 5.41) is 0. The first kappa shape index (κ1) is 17.0. The average molecular weight is 339 g/mol. The monoisotopic (exact) mass is 339 g/mol. The van der Waals surface area contributed by atoms with Gasteiger partial charge in [-0.25, -0.2) is 4.79 Å². The molecule has 1 amide bonds. The van der Waals surface area contributed by atoms with Crippen LogP contribution in [-0.4, -0.2) is 31.6 Å². The second-order valence-corrected chi connectivity index (χ2v) is 6.09. The molecule has 1 aliphatic heterocycles. The highest BCUT2D eigenvalue weighted by Gasteiger charge is 2.24. The van der Waals surface area contributed by atoms with Crippen LogP contribution in [0.25, 0.3) is 0 Å². The van der Waals surface area contributed by atoms with E-state index >= 15 is 0 Å². The van der Waals surface area contributed by atoms with E-state index in [4.69, 9.17) is 9.47 Å². The summed E-state index contributed by atoms with van der Waals surface area (Å²) >= 11 is 0. The van der Waals surface area contributed by atoms with Crippen LogP contribution >= 0.6 is 0 Å². The Hall–Kier alpha value is -2.82. The predicted molar refractivity (Wildman–Crippen MR) is 94.9 cm³/mol. The van der Waals surface area contributed by atoms with Gasteiger partial charge in [0.15, 0.2) is 13.2 Å². The number of para-hydroxylation sites is 2. The SMILES string of the molecule is Cc1cccc(C)c1OCC(=O)OCC(=O)N1CCc2ccccc21. The van der Waals surface area contributed by atoms with Crippen LogP contribution in [0.3, 0.4) is 0 Å². The van der Waals surface area contributed by atoms with E-state index < -0.39 is 5.97 Å². The number of anilines is 1. The number of carbonyl (C=O) groups excluding carboxylic acids is 2. The second-order valence-electron chi connectivity index (χ2n) is 6.09. The molecule has 0 bridgehead atoms. The van der Waals surface area contributed by atoms with E-state index in [-0.39, 0.29) is 19.1 Å². The molecule has 0 atom stereocenters. The molecule has 0 spiro atoms. The van der Waals surface area contributed by atoms with Crippen LogP contribution < -0.4 is 9.64 Å². The Morgan fingerprint density at radius 2 is 1.72 bits per heavy atom. The van der Waals surface area contributed by atoms with E-state index in [1.165, 1.54) is 0 Å². The fourth-order valence-electron chi connectivity index (χ4n) is 3.02. The minimum Gasteiger partial charge on any atom is -0.481 e. The van der Waals surface area contributed by atoms with Crippen molar-refractivity contribution in [2.45, 2.75) is 20.3 Å². The second kappa shape index (κ2) is 7.38. The van der Waals surface area contributed by atoms with Gasteiger partial charge in [0.05, 0.1) is 0 Å². The summed E-state index contributed by atoms with van der Waals surface area (Å²) in [5.41, 5.74) is 3.95. The van der Waals surface area contributed by atoms with E-state index in [1.807, 2.05) is 56.3 Å². The lowest BCUT2D eigenvalue weighted by Gasteiger charge is -2.17. The maximum absolute atomic E-state index is 12.3. The van der Waals surface area contributed by atoms with Crippen molar-refractivity contribution in [3.63, 3.8) is 0 Å². The van der Waals surface area contributed by atoms with Gasteiger partial charge in [-0.2, -0.15) is 0 Å². The molecule has 0 fully saturated rings. The quantitative estimate of drug-likeness (QED) is 0.786. The zero-order chi connectivity index (χ0) is 17.8. The lowest BCUT2D eigenvalue weighted by Crippen LogP contribution is -2.33. The number of benzene rings is 2. The number of esters is 1. The van der Waals surface area contributed by atoms with E-state index in [0.29, 0.717) is 12.3 Å². The summed E-state index contributed by atoms with van der Waals surface area (Å²) in [6.45, 7) is 3.97. The Morgan fingerprint density at radius 1 is 1.00 bits per heavy atom. The standard InChI is InChI=1S/C20H21NO4/c1-14-6-5-7-15(2)20(14)25-13-19(23)24-12-18(22)21-11-10-16-8-3-4-9-17(16)21/h3-9H,10-13H2,1-2H3. The number of carbonyl (C=O) groups is 2. The average Bonchev–Trinajstić information content (AvgIpc) is 3.03. The topological polar surface area (TPSA) is 55.8 Å².